The number of amidine groups is 1. The highest BCUT2D eigenvalue weighted by Gasteiger charge is 2.11. The van der Waals surface area contributed by atoms with Crippen molar-refractivity contribution in [1.82, 2.24) is 5.01 Å². The first kappa shape index (κ1) is 9.06. The van der Waals surface area contributed by atoms with Crippen LogP contribution in [-0.4, -0.2) is 17.4 Å². The van der Waals surface area contributed by atoms with E-state index in [1.807, 2.05) is 5.01 Å². The van der Waals surface area contributed by atoms with Crippen LogP contribution in [0.5, 0.6) is 0 Å². The summed E-state index contributed by atoms with van der Waals surface area (Å²) in [6, 6.07) is 8.52. The molecule has 74 valence electrons. The van der Waals surface area contributed by atoms with Gasteiger partial charge in [-0.1, -0.05) is 29.8 Å². The van der Waals surface area contributed by atoms with Crippen molar-refractivity contribution in [3.8, 4) is 0 Å². The zero-order valence-corrected chi connectivity index (χ0v) is 8.40. The molecule has 1 heterocycles. The van der Waals surface area contributed by atoms with Gasteiger partial charge in [-0.3, -0.25) is 5.01 Å². The first-order chi connectivity index (χ1) is 6.74. The fraction of sp³-hybridized carbons (Fsp3) is 0.364. The van der Waals surface area contributed by atoms with Gasteiger partial charge in [-0.15, -0.1) is 0 Å². The average Bonchev–Trinajstić information content (AvgIpc) is 2.56. The van der Waals surface area contributed by atoms with Crippen molar-refractivity contribution in [1.29, 1.82) is 0 Å². The number of benzene rings is 1. The monoisotopic (exact) mass is 189 g/mol. The van der Waals surface area contributed by atoms with Crippen molar-refractivity contribution in [3.05, 3.63) is 35.4 Å². The lowest BCUT2D eigenvalue weighted by molar-refractivity contribution is 0.310. The SMILES string of the molecule is Cc1ccc(CN2CCC(N)=N2)cc1. The van der Waals surface area contributed by atoms with Crippen molar-refractivity contribution >= 4 is 5.84 Å². The van der Waals surface area contributed by atoms with Gasteiger partial charge in [0, 0.05) is 13.0 Å². The Morgan fingerprint density at radius 1 is 1.36 bits per heavy atom. The molecule has 0 unspecified atom stereocenters. The third kappa shape index (κ3) is 2.05. The maximum Gasteiger partial charge on any atom is 0.121 e. The summed E-state index contributed by atoms with van der Waals surface area (Å²) in [7, 11) is 0. The van der Waals surface area contributed by atoms with Crippen LogP contribution in [0.1, 0.15) is 17.5 Å². The van der Waals surface area contributed by atoms with Crippen molar-refractivity contribution in [2.24, 2.45) is 10.8 Å². The highest BCUT2D eigenvalue weighted by Crippen LogP contribution is 2.10. The summed E-state index contributed by atoms with van der Waals surface area (Å²) >= 11 is 0. The van der Waals surface area contributed by atoms with E-state index in [-0.39, 0.29) is 0 Å². The minimum atomic E-state index is 0.747. The Morgan fingerprint density at radius 2 is 2.07 bits per heavy atom. The second-order valence-corrected chi connectivity index (χ2v) is 3.72. The Kier molecular flexibility index (Phi) is 2.39. The molecular weight excluding hydrogens is 174 g/mol. The predicted molar refractivity (Wildman–Crippen MR) is 57.8 cm³/mol. The van der Waals surface area contributed by atoms with E-state index in [1.165, 1.54) is 11.1 Å². The molecule has 2 rings (SSSR count). The highest BCUT2D eigenvalue weighted by molar-refractivity contribution is 5.81. The minimum Gasteiger partial charge on any atom is -0.386 e. The van der Waals surface area contributed by atoms with Crippen LogP contribution in [0.2, 0.25) is 0 Å². The standard InChI is InChI=1S/C11H15N3/c1-9-2-4-10(5-3-9)8-14-7-6-11(12)13-14/h2-5H,6-8H2,1H3,(H2,12,13). The number of rotatable bonds is 2. The Balaban J connectivity index is 2.01. The van der Waals surface area contributed by atoms with Gasteiger partial charge in [0.1, 0.15) is 5.84 Å². The van der Waals surface area contributed by atoms with Crippen LogP contribution in [-0.2, 0) is 6.54 Å². The van der Waals surface area contributed by atoms with E-state index in [1.54, 1.807) is 0 Å². The topological polar surface area (TPSA) is 41.6 Å². The van der Waals surface area contributed by atoms with Crippen molar-refractivity contribution in [3.63, 3.8) is 0 Å². The predicted octanol–water partition coefficient (Wildman–Crippen LogP) is 1.47. The quantitative estimate of drug-likeness (QED) is 0.765. The van der Waals surface area contributed by atoms with Gasteiger partial charge in [-0.05, 0) is 12.5 Å². The van der Waals surface area contributed by atoms with E-state index in [0.29, 0.717) is 0 Å². The normalized spacial score (nSPS) is 15.8. The lowest BCUT2D eigenvalue weighted by Gasteiger charge is -2.12. The van der Waals surface area contributed by atoms with Gasteiger partial charge in [0.05, 0.1) is 6.54 Å². The van der Waals surface area contributed by atoms with E-state index in [2.05, 4.69) is 36.3 Å². The van der Waals surface area contributed by atoms with Crippen molar-refractivity contribution in [2.45, 2.75) is 19.9 Å². The third-order valence-electron chi connectivity index (χ3n) is 2.38. The molecule has 0 saturated carbocycles. The van der Waals surface area contributed by atoms with Gasteiger partial charge in [-0.2, -0.15) is 5.10 Å². The molecule has 1 aliphatic heterocycles. The summed E-state index contributed by atoms with van der Waals surface area (Å²) in [5.41, 5.74) is 8.19. The largest absolute Gasteiger partial charge is 0.386 e. The number of aryl methyl sites for hydroxylation is 1. The Morgan fingerprint density at radius 3 is 2.64 bits per heavy atom. The lowest BCUT2D eigenvalue weighted by Crippen LogP contribution is -2.13. The van der Waals surface area contributed by atoms with Crippen LogP contribution in [0.4, 0.5) is 0 Å². The second kappa shape index (κ2) is 3.70. The Hall–Kier alpha value is -1.51. The van der Waals surface area contributed by atoms with Crippen LogP contribution >= 0.6 is 0 Å². The Bertz CT molecular complexity index is 340. The van der Waals surface area contributed by atoms with Crippen LogP contribution in [0, 0.1) is 6.92 Å². The molecule has 3 heteroatoms. The molecule has 3 nitrogen and oxygen atoms in total. The molecule has 0 fully saturated rings. The third-order valence-corrected chi connectivity index (χ3v) is 2.38. The Labute approximate surface area is 84.2 Å². The van der Waals surface area contributed by atoms with Gasteiger partial charge in [-0.25, -0.2) is 0 Å². The molecule has 0 bridgehead atoms. The van der Waals surface area contributed by atoms with E-state index in [0.717, 1.165) is 25.3 Å². The van der Waals surface area contributed by atoms with Crippen molar-refractivity contribution < 1.29 is 0 Å². The smallest absolute Gasteiger partial charge is 0.121 e. The fourth-order valence-corrected chi connectivity index (χ4v) is 1.54. The van der Waals surface area contributed by atoms with Crippen LogP contribution in [0.3, 0.4) is 0 Å². The van der Waals surface area contributed by atoms with E-state index in [9.17, 15) is 0 Å². The van der Waals surface area contributed by atoms with Crippen LogP contribution in [0.15, 0.2) is 29.4 Å². The maximum atomic E-state index is 5.61. The molecule has 2 N–H and O–H groups in total. The fourth-order valence-electron chi connectivity index (χ4n) is 1.54. The molecule has 0 amide bonds. The zero-order valence-electron chi connectivity index (χ0n) is 8.40. The second-order valence-electron chi connectivity index (χ2n) is 3.72. The molecule has 1 aromatic carbocycles. The van der Waals surface area contributed by atoms with E-state index >= 15 is 0 Å². The maximum absolute atomic E-state index is 5.61. The van der Waals surface area contributed by atoms with Gasteiger partial charge in [0.15, 0.2) is 0 Å². The number of hydrazone groups is 1. The summed E-state index contributed by atoms with van der Waals surface area (Å²) in [6.45, 7) is 3.90. The number of hydrogen-bond donors (Lipinski definition) is 1. The van der Waals surface area contributed by atoms with Gasteiger partial charge in [0.2, 0.25) is 0 Å². The molecular formula is C11H15N3. The van der Waals surface area contributed by atoms with Gasteiger partial charge >= 0.3 is 0 Å². The molecule has 0 spiro atoms. The molecule has 14 heavy (non-hydrogen) atoms. The first-order valence-corrected chi connectivity index (χ1v) is 4.87. The molecule has 0 atom stereocenters. The zero-order chi connectivity index (χ0) is 9.97. The summed E-state index contributed by atoms with van der Waals surface area (Å²) in [6.07, 6.45) is 0.895. The molecule has 1 aromatic rings. The van der Waals surface area contributed by atoms with Gasteiger partial charge in [0.25, 0.3) is 0 Å². The minimum absolute atomic E-state index is 0.747. The van der Waals surface area contributed by atoms with Gasteiger partial charge < -0.3 is 5.73 Å². The molecule has 0 radical (unpaired) electrons. The van der Waals surface area contributed by atoms with Crippen LogP contribution in [0.25, 0.3) is 0 Å². The first-order valence-electron chi connectivity index (χ1n) is 4.87. The number of hydrogen-bond acceptors (Lipinski definition) is 3. The molecule has 0 aromatic heterocycles. The molecule has 1 aliphatic rings. The van der Waals surface area contributed by atoms with Crippen LogP contribution < -0.4 is 5.73 Å². The van der Waals surface area contributed by atoms with E-state index < -0.39 is 0 Å². The van der Waals surface area contributed by atoms with E-state index in [4.69, 9.17) is 5.73 Å². The molecule has 0 aliphatic carbocycles. The average molecular weight is 189 g/mol. The molecule has 0 saturated heterocycles. The summed E-state index contributed by atoms with van der Waals surface area (Å²) in [5.74, 6) is 0.747. The summed E-state index contributed by atoms with van der Waals surface area (Å²) in [5, 5.41) is 6.25. The number of nitrogens with zero attached hydrogens (tertiary/aromatic N) is 2. The highest BCUT2D eigenvalue weighted by atomic mass is 15.5. The number of nitrogens with two attached hydrogens (primary N) is 1. The summed E-state index contributed by atoms with van der Waals surface area (Å²) in [4.78, 5) is 0. The lowest BCUT2D eigenvalue weighted by atomic mass is 10.1. The summed E-state index contributed by atoms with van der Waals surface area (Å²) < 4.78 is 0. The van der Waals surface area contributed by atoms with Crippen molar-refractivity contribution in [2.75, 3.05) is 6.54 Å².